The molecule has 0 atom stereocenters. The van der Waals surface area contributed by atoms with Gasteiger partial charge in [-0.3, -0.25) is 9.59 Å². The predicted octanol–water partition coefficient (Wildman–Crippen LogP) is 5.28. The molecule has 6 rings (SSSR count). The van der Waals surface area contributed by atoms with Crippen LogP contribution in [0.5, 0.6) is 0 Å². The second kappa shape index (κ2) is 10.5. The first-order valence-electron chi connectivity index (χ1n) is 12.8. The third-order valence-corrected chi connectivity index (χ3v) is 6.81. The highest BCUT2D eigenvalue weighted by molar-refractivity contribution is 6.03. The summed E-state index contributed by atoms with van der Waals surface area (Å²) in [4.78, 5) is 37.5. The predicted molar refractivity (Wildman–Crippen MR) is 141 cm³/mol. The van der Waals surface area contributed by atoms with Crippen LogP contribution in [0.15, 0.2) is 81.9 Å². The number of amides is 1. The molecule has 1 saturated heterocycles. The Kier molecular flexibility index (Phi) is 6.73. The Bertz CT molecular complexity index is 1710. The molecule has 12 heteroatoms. The lowest BCUT2D eigenvalue weighted by Gasteiger charge is -2.35. The molecule has 0 radical (unpaired) electrons. The highest BCUT2D eigenvalue weighted by Crippen LogP contribution is 2.35. The Hall–Kier alpha value is -5.00. The molecule has 0 N–H and O–H groups in total. The molecule has 208 valence electrons. The van der Waals surface area contributed by atoms with Crippen molar-refractivity contribution in [1.82, 2.24) is 20.0 Å². The van der Waals surface area contributed by atoms with Crippen molar-refractivity contribution >= 4 is 28.4 Å². The van der Waals surface area contributed by atoms with Crippen LogP contribution in [0.3, 0.4) is 0 Å². The van der Waals surface area contributed by atoms with Crippen molar-refractivity contribution in [1.29, 1.82) is 0 Å². The fraction of sp³-hybridized carbons (Fsp3) is 0.207. The van der Waals surface area contributed by atoms with Gasteiger partial charge in [0.25, 0.3) is 5.91 Å². The molecule has 0 saturated carbocycles. The molecule has 0 aliphatic carbocycles. The maximum absolute atomic E-state index is 13.6. The first-order valence-corrected chi connectivity index (χ1v) is 12.8. The van der Waals surface area contributed by atoms with Gasteiger partial charge in [0, 0.05) is 44.4 Å². The lowest BCUT2D eigenvalue weighted by atomic mass is 10.1. The number of carbonyl (C=O) groups is 2. The maximum atomic E-state index is 13.6. The van der Waals surface area contributed by atoms with Crippen LogP contribution >= 0.6 is 0 Å². The minimum Gasteiger partial charge on any atom is -0.432 e. The molecule has 2 aromatic carbocycles. The van der Waals surface area contributed by atoms with Gasteiger partial charge in [-0.1, -0.05) is 41.6 Å². The van der Waals surface area contributed by atoms with Crippen LogP contribution in [0.4, 0.5) is 19.0 Å². The minimum atomic E-state index is -4.85. The molecule has 9 nitrogen and oxygen atoms in total. The molecule has 1 aliphatic rings. The summed E-state index contributed by atoms with van der Waals surface area (Å²) < 4.78 is 51.5. The summed E-state index contributed by atoms with van der Waals surface area (Å²) in [7, 11) is 0. The lowest BCUT2D eigenvalue weighted by molar-refractivity contribution is -0.141. The van der Waals surface area contributed by atoms with Gasteiger partial charge in [0.1, 0.15) is 11.3 Å². The topological polar surface area (TPSA) is 106 Å². The van der Waals surface area contributed by atoms with Crippen molar-refractivity contribution in [3.63, 3.8) is 0 Å². The average Bonchev–Trinajstić information content (AvgIpc) is 3.64. The number of carbonyl (C=O) groups excluding carboxylic acids is 2. The number of fused-ring (bicyclic) bond motifs is 1. The van der Waals surface area contributed by atoms with Gasteiger partial charge < -0.3 is 18.7 Å². The van der Waals surface area contributed by atoms with Crippen molar-refractivity contribution in [2.75, 3.05) is 31.1 Å². The summed E-state index contributed by atoms with van der Waals surface area (Å²) in [6.45, 7) is 1.90. The van der Waals surface area contributed by atoms with Gasteiger partial charge in [-0.05, 0) is 35.9 Å². The van der Waals surface area contributed by atoms with Gasteiger partial charge in [-0.2, -0.15) is 13.2 Å². The Labute approximate surface area is 231 Å². The molecule has 41 heavy (non-hydrogen) atoms. The van der Waals surface area contributed by atoms with Crippen LogP contribution in [-0.4, -0.2) is 57.9 Å². The molecule has 1 amide bonds. The van der Waals surface area contributed by atoms with Crippen molar-refractivity contribution < 1.29 is 31.7 Å². The summed E-state index contributed by atoms with van der Waals surface area (Å²) in [5, 5.41) is 4.61. The zero-order valence-electron chi connectivity index (χ0n) is 21.5. The first-order chi connectivity index (χ1) is 19.8. The van der Waals surface area contributed by atoms with Gasteiger partial charge in [0.2, 0.25) is 23.2 Å². The largest absolute Gasteiger partial charge is 0.437 e. The lowest BCUT2D eigenvalue weighted by Crippen LogP contribution is -2.49. The third-order valence-electron chi connectivity index (χ3n) is 6.81. The number of nitrogens with zero attached hydrogens (tertiary/aromatic N) is 5. The first kappa shape index (κ1) is 26.2. The van der Waals surface area contributed by atoms with E-state index in [9.17, 15) is 22.8 Å². The number of hydrogen-bond acceptors (Lipinski definition) is 8. The number of anilines is 1. The van der Waals surface area contributed by atoms with Crippen LogP contribution in [-0.2, 0) is 12.6 Å². The van der Waals surface area contributed by atoms with Crippen molar-refractivity contribution in [2.24, 2.45) is 0 Å². The van der Waals surface area contributed by atoms with Crippen LogP contribution in [0.2, 0.25) is 0 Å². The van der Waals surface area contributed by atoms with E-state index in [4.69, 9.17) is 8.94 Å². The van der Waals surface area contributed by atoms with Crippen molar-refractivity contribution in [2.45, 2.75) is 12.6 Å². The number of piperazine rings is 1. The van der Waals surface area contributed by atoms with E-state index in [1.807, 2.05) is 17.0 Å². The van der Waals surface area contributed by atoms with E-state index in [0.29, 0.717) is 54.0 Å². The third kappa shape index (κ3) is 5.28. The number of hydrogen-bond donors (Lipinski definition) is 0. The minimum absolute atomic E-state index is 0.206. The van der Waals surface area contributed by atoms with Gasteiger partial charge >= 0.3 is 6.18 Å². The molecule has 5 aromatic rings. The van der Waals surface area contributed by atoms with E-state index in [-0.39, 0.29) is 24.0 Å². The average molecular weight is 562 g/mol. The molecular weight excluding hydrogens is 539 g/mol. The van der Waals surface area contributed by atoms with Crippen LogP contribution in [0.1, 0.15) is 32.4 Å². The zero-order chi connectivity index (χ0) is 28.6. The van der Waals surface area contributed by atoms with Crippen LogP contribution < -0.4 is 4.90 Å². The zero-order valence-corrected chi connectivity index (χ0v) is 21.5. The number of halogens is 3. The second-order valence-electron chi connectivity index (χ2n) is 9.49. The molecule has 1 fully saturated rings. The van der Waals surface area contributed by atoms with Crippen LogP contribution in [0, 0.1) is 0 Å². The molecule has 4 heterocycles. The number of benzene rings is 2. The quantitative estimate of drug-likeness (QED) is 0.258. The van der Waals surface area contributed by atoms with E-state index in [2.05, 4.69) is 15.1 Å². The summed E-state index contributed by atoms with van der Waals surface area (Å²) in [6, 6.07) is 18.6. The Morgan fingerprint density at radius 3 is 2.32 bits per heavy atom. The summed E-state index contributed by atoms with van der Waals surface area (Å²) in [5.74, 6) is -1.36. The van der Waals surface area contributed by atoms with Gasteiger partial charge in [0.15, 0.2) is 5.69 Å². The maximum Gasteiger partial charge on any atom is 0.437 e. The molecule has 0 bridgehead atoms. The monoisotopic (exact) mass is 561 g/mol. The Balaban J connectivity index is 1.11. The van der Waals surface area contributed by atoms with E-state index < -0.39 is 23.4 Å². The Morgan fingerprint density at radius 2 is 1.61 bits per heavy atom. The fourth-order valence-electron chi connectivity index (χ4n) is 4.71. The number of Topliss-reactive ketones (excluding diaryl/α,β-unsaturated/α-hetero) is 1. The van der Waals surface area contributed by atoms with E-state index >= 15 is 0 Å². The molecule has 0 unspecified atom stereocenters. The normalized spacial score (nSPS) is 14.0. The number of rotatable bonds is 6. The number of alkyl halides is 3. The molecule has 3 aromatic heterocycles. The van der Waals surface area contributed by atoms with Crippen molar-refractivity contribution in [3.05, 3.63) is 95.7 Å². The number of aromatic nitrogens is 3. The Morgan fingerprint density at radius 1 is 0.878 bits per heavy atom. The standard InChI is InChI=1S/C29H22F3N5O4/c30-29(31,32)26-25(40-27(34-26)19-6-2-1-3-7-19)22(38)16-18-10-11-23(33-17-18)36-12-14-37(15-13-36)28(39)24-20-8-4-5-9-21(20)35-41-24/h1-11,17H,12-16H2. The summed E-state index contributed by atoms with van der Waals surface area (Å²) in [6.07, 6.45) is -3.74. The second-order valence-corrected chi connectivity index (χ2v) is 9.49. The van der Waals surface area contributed by atoms with Crippen molar-refractivity contribution in [3.8, 4) is 11.5 Å². The summed E-state index contributed by atoms with van der Waals surface area (Å²) in [5.41, 5.74) is 0.0260. The SMILES string of the molecule is O=C(Cc1ccc(N2CCN(C(=O)c3onc4ccccc34)CC2)nc1)c1oc(-c2ccccc2)nc1C(F)(F)F. The van der Waals surface area contributed by atoms with E-state index in [1.54, 1.807) is 59.5 Å². The highest BCUT2D eigenvalue weighted by atomic mass is 19.4. The number of pyridine rings is 1. The molecule has 0 spiro atoms. The highest BCUT2D eigenvalue weighted by Gasteiger charge is 2.41. The smallest absolute Gasteiger partial charge is 0.432 e. The molecular formula is C29H22F3N5O4. The van der Waals surface area contributed by atoms with Gasteiger partial charge in [-0.15, -0.1) is 0 Å². The van der Waals surface area contributed by atoms with E-state index in [0.717, 1.165) is 0 Å². The van der Waals surface area contributed by atoms with Gasteiger partial charge in [0.05, 0.1) is 5.39 Å². The van der Waals surface area contributed by atoms with E-state index in [1.165, 1.54) is 6.20 Å². The van der Waals surface area contributed by atoms with Gasteiger partial charge in [-0.25, -0.2) is 9.97 Å². The number of oxazole rings is 1. The fourth-order valence-corrected chi connectivity index (χ4v) is 4.71. The number of ketones is 1. The van der Waals surface area contributed by atoms with Crippen LogP contribution in [0.25, 0.3) is 22.4 Å². The summed E-state index contributed by atoms with van der Waals surface area (Å²) >= 11 is 0. The molecule has 1 aliphatic heterocycles.